The zero-order chi connectivity index (χ0) is 35.6. The standard InChI is InChI=1S/C34H54N8O7/c1-32(2,3)49-31(47)36-24-20-34(21-24)11-14-39(15-12-34)22-23-6-8-25(9-7-23)42-13-10-26(38-30(42)46)37-29(45)41-18-16-40(17-19-41)27(43)33(4,5)48-28(35)44/h10,13,23-25H,6-9,11-12,14-22H2,1-5H3,(H2,35,44)(H,36,47)(H,37,38,45,46)/t23-,25-. The number of alkyl carbamates (subject to hydrolysis) is 1. The van der Waals surface area contributed by atoms with Crippen molar-refractivity contribution in [2.45, 2.75) is 109 Å². The molecule has 0 unspecified atom stereocenters. The van der Waals surface area contributed by atoms with Crippen LogP contribution in [0.5, 0.6) is 0 Å². The molecule has 2 saturated heterocycles. The molecule has 2 saturated carbocycles. The summed E-state index contributed by atoms with van der Waals surface area (Å²) in [6, 6.07) is 1.56. The summed E-state index contributed by atoms with van der Waals surface area (Å²) in [5.41, 5.74) is 3.17. The summed E-state index contributed by atoms with van der Waals surface area (Å²) >= 11 is 0. The lowest BCUT2D eigenvalue weighted by Crippen LogP contribution is -2.56. The van der Waals surface area contributed by atoms with E-state index in [0.717, 1.165) is 58.2 Å². The van der Waals surface area contributed by atoms with Gasteiger partial charge in [0.25, 0.3) is 5.91 Å². The minimum Gasteiger partial charge on any atom is -0.444 e. The monoisotopic (exact) mass is 686 g/mol. The van der Waals surface area contributed by atoms with E-state index in [1.807, 2.05) is 20.8 Å². The summed E-state index contributed by atoms with van der Waals surface area (Å²) in [4.78, 5) is 71.7. The largest absolute Gasteiger partial charge is 0.444 e. The highest BCUT2D eigenvalue weighted by Crippen LogP contribution is 2.49. The van der Waals surface area contributed by atoms with E-state index in [4.69, 9.17) is 15.2 Å². The Hall–Kier alpha value is -3.88. The smallest absolute Gasteiger partial charge is 0.407 e. The molecule has 0 aromatic carbocycles. The molecule has 0 bridgehead atoms. The molecule has 4 aliphatic rings. The van der Waals surface area contributed by atoms with Crippen molar-refractivity contribution in [1.82, 2.24) is 29.6 Å². The molecule has 1 aromatic heterocycles. The number of rotatable bonds is 7. The van der Waals surface area contributed by atoms with Gasteiger partial charge in [0.05, 0.1) is 0 Å². The molecule has 15 heteroatoms. The first-order chi connectivity index (χ1) is 23.0. The third-order valence-electron chi connectivity index (χ3n) is 10.5. The van der Waals surface area contributed by atoms with Crippen molar-refractivity contribution >= 4 is 29.9 Å². The number of nitrogens with two attached hydrogens (primary N) is 1. The molecule has 5 rings (SSSR count). The molecular formula is C34H54N8O7. The second-order valence-corrected chi connectivity index (χ2v) is 15.9. The van der Waals surface area contributed by atoms with Crippen LogP contribution in [0.4, 0.5) is 20.2 Å². The highest BCUT2D eigenvalue weighted by atomic mass is 16.6. The summed E-state index contributed by atoms with van der Waals surface area (Å²) in [5.74, 6) is 0.410. The summed E-state index contributed by atoms with van der Waals surface area (Å²) in [6.07, 6.45) is 8.72. The van der Waals surface area contributed by atoms with Gasteiger partial charge in [-0.05, 0) is 116 Å². The maximum atomic E-state index is 13.0. The van der Waals surface area contributed by atoms with Gasteiger partial charge in [0.2, 0.25) is 0 Å². The van der Waals surface area contributed by atoms with Crippen LogP contribution in [-0.2, 0) is 14.3 Å². The Morgan fingerprint density at radius 3 is 2.10 bits per heavy atom. The predicted octanol–water partition coefficient (Wildman–Crippen LogP) is 3.29. The lowest BCUT2D eigenvalue weighted by atomic mass is 9.60. The number of hydrogen-bond donors (Lipinski definition) is 3. The number of urea groups is 1. The quantitative estimate of drug-likeness (QED) is 0.388. The van der Waals surface area contributed by atoms with Crippen LogP contribution < -0.4 is 22.1 Å². The number of carbonyl (C=O) groups excluding carboxylic acids is 4. The van der Waals surface area contributed by atoms with Crippen molar-refractivity contribution in [2.75, 3.05) is 51.1 Å². The minimum absolute atomic E-state index is 0.0865. The van der Waals surface area contributed by atoms with E-state index < -0.39 is 23.3 Å². The molecule has 272 valence electrons. The van der Waals surface area contributed by atoms with Crippen LogP contribution in [0.3, 0.4) is 0 Å². The van der Waals surface area contributed by atoms with Gasteiger partial charge in [-0.2, -0.15) is 4.98 Å². The van der Waals surface area contributed by atoms with E-state index in [2.05, 4.69) is 20.5 Å². The number of nitrogens with zero attached hydrogens (tertiary/aromatic N) is 5. The van der Waals surface area contributed by atoms with E-state index in [9.17, 15) is 24.0 Å². The average molecular weight is 687 g/mol. The van der Waals surface area contributed by atoms with E-state index in [-0.39, 0.29) is 61.8 Å². The third-order valence-corrected chi connectivity index (χ3v) is 10.5. The van der Waals surface area contributed by atoms with Crippen molar-refractivity contribution in [3.8, 4) is 0 Å². The highest BCUT2D eigenvalue weighted by Gasteiger charge is 2.47. The van der Waals surface area contributed by atoms with Crippen LogP contribution in [0.15, 0.2) is 17.1 Å². The Labute approximate surface area is 288 Å². The molecule has 4 fully saturated rings. The van der Waals surface area contributed by atoms with Crippen LogP contribution in [0, 0.1) is 11.3 Å². The fourth-order valence-electron chi connectivity index (χ4n) is 7.89. The van der Waals surface area contributed by atoms with Gasteiger partial charge in [0.1, 0.15) is 11.4 Å². The normalized spacial score (nSPS) is 23.4. The van der Waals surface area contributed by atoms with E-state index in [1.54, 1.807) is 21.7 Å². The average Bonchev–Trinajstić information content (AvgIpc) is 3.00. The molecule has 1 aromatic rings. The fraction of sp³-hybridized carbons (Fsp3) is 0.765. The molecule has 49 heavy (non-hydrogen) atoms. The maximum Gasteiger partial charge on any atom is 0.407 e. The Bertz CT molecular complexity index is 1420. The van der Waals surface area contributed by atoms with Gasteiger partial charge in [-0.1, -0.05) is 0 Å². The second kappa shape index (κ2) is 14.5. The van der Waals surface area contributed by atoms with Gasteiger partial charge in [0, 0.05) is 51.0 Å². The van der Waals surface area contributed by atoms with Crippen LogP contribution >= 0.6 is 0 Å². The lowest BCUT2D eigenvalue weighted by molar-refractivity contribution is -0.149. The number of nitrogens with one attached hydrogen (secondary N) is 2. The number of amides is 5. The van der Waals surface area contributed by atoms with Crippen LogP contribution in [0.1, 0.15) is 92.0 Å². The minimum atomic E-state index is -1.40. The summed E-state index contributed by atoms with van der Waals surface area (Å²) in [7, 11) is 0. The third kappa shape index (κ3) is 9.43. The molecular weight excluding hydrogens is 632 g/mol. The van der Waals surface area contributed by atoms with Gasteiger partial charge >= 0.3 is 23.9 Å². The summed E-state index contributed by atoms with van der Waals surface area (Å²) in [5, 5.41) is 5.74. The van der Waals surface area contributed by atoms with Gasteiger partial charge in [-0.15, -0.1) is 0 Å². The number of piperazine rings is 1. The van der Waals surface area contributed by atoms with E-state index in [0.29, 0.717) is 11.3 Å². The first-order valence-corrected chi connectivity index (χ1v) is 17.7. The Morgan fingerprint density at radius 1 is 0.918 bits per heavy atom. The van der Waals surface area contributed by atoms with Gasteiger partial charge in [-0.3, -0.25) is 14.7 Å². The number of piperidine rings is 1. The molecule has 0 radical (unpaired) electrons. The number of hydrogen-bond acceptors (Lipinski definition) is 9. The van der Waals surface area contributed by atoms with Crippen LogP contribution in [0.2, 0.25) is 0 Å². The van der Waals surface area contributed by atoms with Gasteiger partial charge < -0.3 is 35.2 Å². The van der Waals surface area contributed by atoms with Crippen molar-refractivity contribution in [3.05, 3.63) is 22.7 Å². The van der Waals surface area contributed by atoms with Gasteiger partial charge in [-0.25, -0.2) is 19.2 Å². The SMILES string of the molecule is CC(C)(C)OC(=O)NC1CC2(CCN(C[C@H]3CC[C@H](n4ccc(NC(=O)N5CCN(C(=O)C(C)(C)OC(N)=O)CC5)nc4=O)CC3)CC2)C1. The van der Waals surface area contributed by atoms with Crippen LogP contribution in [-0.4, -0.2) is 111 Å². The van der Waals surface area contributed by atoms with Crippen molar-refractivity contribution in [2.24, 2.45) is 17.1 Å². The van der Waals surface area contributed by atoms with Crippen molar-refractivity contribution in [3.63, 3.8) is 0 Å². The van der Waals surface area contributed by atoms with Crippen molar-refractivity contribution in [1.29, 1.82) is 0 Å². The van der Waals surface area contributed by atoms with Gasteiger partial charge in [0.15, 0.2) is 5.60 Å². The second-order valence-electron chi connectivity index (χ2n) is 15.9. The molecule has 4 N–H and O–H groups in total. The molecule has 0 atom stereocenters. The number of primary amides is 1. The predicted molar refractivity (Wildman–Crippen MR) is 182 cm³/mol. The van der Waals surface area contributed by atoms with E-state index >= 15 is 0 Å². The number of aromatic nitrogens is 2. The Kier molecular flexibility index (Phi) is 10.8. The molecule has 15 nitrogen and oxygen atoms in total. The molecule has 2 aliphatic heterocycles. The highest BCUT2D eigenvalue weighted by molar-refractivity contribution is 5.89. The van der Waals surface area contributed by atoms with E-state index in [1.165, 1.54) is 31.6 Å². The number of ether oxygens (including phenoxy) is 2. The molecule has 5 amide bonds. The zero-order valence-electron chi connectivity index (χ0n) is 29.7. The summed E-state index contributed by atoms with van der Waals surface area (Å²) in [6.45, 7) is 12.9. The first kappa shape index (κ1) is 36.4. The zero-order valence-corrected chi connectivity index (χ0v) is 29.7. The summed E-state index contributed by atoms with van der Waals surface area (Å²) < 4.78 is 12.0. The fourth-order valence-corrected chi connectivity index (χ4v) is 7.89. The lowest BCUT2D eigenvalue weighted by Gasteiger charge is -2.52. The molecule has 3 heterocycles. The van der Waals surface area contributed by atoms with Crippen molar-refractivity contribution < 1.29 is 28.7 Å². The topological polar surface area (TPSA) is 181 Å². The number of anilines is 1. The maximum absolute atomic E-state index is 13.0. The van der Waals surface area contributed by atoms with Crippen LogP contribution in [0.25, 0.3) is 0 Å². The number of carbonyl (C=O) groups is 4. The Balaban J connectivity index is 1.00. The molecule has 1 spiro atoms. The number of likely N-dealkylation sites (tertiary alicyclic amines) is 1. The first-order valence-electron chi connectivity index (χ1n) is 17.7. The molecule has 2 aliphatic carbocycles. The Morgan fingerprint density at radius 2 is 1.53 bits per heavy atom.